The van der Waals surface area contributed by atoms with Crippen LogP contribution in [0.1, 0.15) is 51.1 Å². The topological polar surface area (TPSA) is 52.7 Å². The number of benzene rings is 1. The molecule has 0 bridgehead atoms. The molecule has 2 saturated heterocycles. The van der Waals surface area contributed by atoms with Gasteiger partial charge in [-0.25, -0.2) is 0 Å². The molecule has 0 radical (unpaired) electrons. The summed E-state index contributed by atoms with van der Waals surface area (Å²) >= 11 is 0. The number of carbonyl (C=O) groups excluding carboxylic acids is 2. The molecular formula is C22H31N3O2. The summed E-state index contributed by atoms with van der Waals surface area (Å²) in [4.78, 5) is 29.2. The van der Waals surface area contributed by atoms with Crippen molar-refractivity contribution in [2.45, 2.75) is 51.1 Å². The van der Waals surface area contributed by atoms with Crippen molar-refractivity contribution >= 4 is 11.8 Å². The number of nitrogens with one attached hydrogen (secondary N) is 1. The van der Waals surface area contributed by atoms with Gasteiger partial charge in [0.1, 0.15) is 0 Å². The van der Waals surface area contributed by atoms with E-state index in [1.54, 1.807) is 13.8 Å². The Balaban J connectivity index is 1.65. The van der Waals surface area contributed by atoms with Gasteiger partial charge < -0.3 is 15.1 Å². The van der Waals surface area contributed by atoms with Crippen LogP contribution in [0.25, 0.3) is 0 Å². The first-order valence-electron chi connectivity index (χ1n) is 10.3. The second kappa shape index (κ2) is 7.27. The van der Waals surface area contributed by atoms with E-state index >= 15 is 0 Å². The van der Waals surface area contributed by atoms with Gasteiger partial charge in [0, 0.05) is 39.4 Å². The van der Waals surface area contributed by atoms with Crippen LogP contribution in [0, 0.1) is 11.8 Å². The highest BCUT2D eigenvalue weighted by molar-refractivity contribution is 5.77. The number of rotatable bonds is 4. The van der Waals surface area contributed by atoms with Crippen molar-refractivity contribution in [3.8, 4) is 0 Å². The second-order valence-corrected chi connectivity index (χ2v) is 8.77. The van der Waals surface area contributed by atoms with Crippen molar-refractivity contribution in [3.63, 3.8) is 0 Å². The number of hydrogen-bond donors (Lipinski definition) is 1. The first kappa shape index (κ1) is 18.5. The van der Waals surface area contributed by atoms with Crippen LogP contribution >= 0.6 is 0 Å². The molecule has 3 fully saturated rings. The molecule has 0 aromatic heterocycles. The molecule has 2 amide bonds. The lowest BCUT2D eigenvalue weighted by Crippen LogP contribution is -2.64. The van der Waals surface area contributed by atoms with Gasteiger partial charge in [0.2, 0.25) is 11.8 Å². The van der Waals surface area contributed by atoms with E-state index in [1.807, 2.05) is 23.1 Å². The standard InChI is InChI=1S/C22H31N3O2/c1-16(26)23-22-14-24(13-18-7-6-8-18)12-11-20(22)21(25(15-22)17(2)27)19-9-4-3-5-10-19/h3-5,9-10,18,20-21H,6-8,11-15H2,1-2H3,(H,23,26)/t20-,21-,22-/m1/s1. The molecule has 3 atom stereocenters. The van der Waals surface area contributed by atoms with Crippen LogP contribution in [-0.2, 0) is 9.59 Å². The van der Waals surface area contributed by atoms with Crippen molar-refractivity contribution in [2.24, 2.45) is 11.8 Å². The van der Waals surface area contributed by atoms with Gasteiger partial charge in [0.15, 0.2) is 0 Å². The summed E-state index contributed by atoms with van der Waals surface area (Å²) in [5.41, 5.74) is 0.831. The van der Waals surface area contributed by atoms with E-state index in [4.69, 9.17) is 0 Å². The fraction of sp³-hybridized carbons (Fsp3) is 0.636. The van der Waals surface area contributed by atoms with E-state index in [1.165, 1.54) is 24.8 Å². The van der Waals surface area contributed by atoms with E-state index in [2.05, 4.69) is 22.3 Å². The van der Waals surface area contributed by atoms with Crippen molar-refractivity contribution in [2.75, 3.05) is 26.2 Å². The van der Waals surface area contributed by atoms with E-state index in [-0.39, 0.29) is 29.3 Å². The van der Waals surface area contributed by atoms with Crippen LogP contribution in [-0.4, -0.2) is 53.3 Å². The molecule has 2 aliphatic heterocycles. The van der Waals surface area contributed by atoms with Crippen LogP contribution in [0.2, 0.25) is 0 Å². The van der Waals surface area contributed by atoms with Crippen molar-refractivity contribution in [1.82, 2.24) is 15.1 Å². The highest BCUT2D eigenvalue weighted by atomic mass is 16.2. The molecule has 1 N–H and O–H groups in total. The Kier molecular flexibility index (Phi) is 4.97. The van der Waals surface area contributed by atoms with Crippen molar-refractivity contribution in [1.29, 1.82) is 0 Å². The summed E-state index contributed by atoms with van der Waals surface area (Å²) in [6.45, 7) is 6.89. The van der Waals surface area contributed by atoms with Crippen LogP contribution in [0.4, 0.5) is 0 Å². The Morgan fingerprint density at radius 2 is 1.85 bits per heavy atom. The SMILES string of the molecule is CC(=O)N[C@@]12CN(CC3CCC3)CC[C@@H]1[C@@H](c1ccccc1)N(C(C)=O)C2. The average Bonchev–Trinajstić information content (AvgIpc) is 2.92. The highest BCUT2D eigenvalue weighted by Gasteiger charge is 2.56. The van der Waals surface area contributed by atoms with Gasteiger partial charge in [-0.1, -0.05) is 36.8 Å². The third kappa shape index (κ3) is 3.49. The molecule has 2 heterocycles. The normalized spacial score (nSPS) is 31.3. The molecule has 146 valence electrons. The maximum atomic E-state index is 12.5. The third-order valence-corrected chi connectivity index (χ3v) is 6.85. The van der Waals surface area contributed by atoms with Gasteiger partial charge >= 0.3 is 0 Å². The maximum Gasteiger partial charge on any atom is 0.220 e. The Morgan fingerprint density at radius 3 is 2.44 bits per heavy atom. The lowest BCUT2D eigenvalue weighted by Gasteiger charge is -2.47. The fourth-order valence-corrected chi connectivity index (χ4v) is 5.53. The quantitative estimate of drug-likeness (QED) is 0.888. The van der Waals surface area contributed by atoms with Gasteiger partial charge in [-0.05, 0) is 37.3 Å². The highest BCUT2D eigenvalue weighted by Crippen LogP contribution is 2.48. The summed E-state index contributed by atoms with van der Waals surface area (Å²) in [7, 11) is 0. The van der Waals surface area contributed by atoms with Gasteiger partial charge in [-0.2, -0.15) is 0 Å². The number of amides is 2. The smallest absolute Gasteiger partial charge is 0.220 e. The molecule has 5 heteroatoms. The Hall–Kier alpha value is -1.88. The predicted octanol–water partition coefficient (Wildman–Crippen LogP) is 2.59. The lowest BCUT2D eigenvalue weighted by atomic mass is 9.75. The molecule has 5 nitrogen and oxygen atoms in total. The number of hydrogen-bond acceptors (Lipinski definition) is 3. The minimum atomic E-state index is -0.347. The van der Waals surface area contributed by atoms with Gasteiger partial charge in [0.05, 0.1) is 11.6 Å². The summed E-state index contributed by atoms with van der Waals surface area (Å²) in [5.74, 6) is 1.16. The number of fused-ring (bicyclic) bond motifs is 1. The molecule has 0 spiro atoms. The lowest BCUT2D eigenvalue weighted by molar-refractivity contribution is -0.130. The Morgan fingerprint density at radius 1 is 1.11 bits per heavy atom. The maximum absolute atomic E-state index is 12.5. The number of likely N-dealkylation sites (tertiary alicyclic amines) is 2. The minimum Gasteiger partial charge on any atom is -0.347 e. The Bertz CT molecular complexity index is 703. The summed E-state index contributed by atoms with van der Waals surface area (Å²) in [6.07, 6.45) is 5.03. The van der Waals surface area contributed by atoms with Crippen molar-refractivity contribution < 1.29 is 9.59 Å². The molecule has 4 rings (SSSR count). The van der Waals surface area contributed by atoms with Crippen molar-refractivity contribution in [3.05, 3.63) is 35.9 Å². The molecule has 27 heavy (non-hydrogen) atoms. The van der Waals surface area contributed by atoms with Crippen LogP contribution in [0.5, 0.6) is 0 Å². The largest absolute Gasteiger partial charge is 0.347 e. The monoisotopic (exact) mass is 369 g/mol. The molecule has 1 aliphatic carbocycles. The summed E-state index contributed by atoms with van der Waals surface area (Å²) in [5, 5.41) is 3.31. The van der Waals surface area contributed by atoms with Gasteiger partial charge in [-0.15, -0.1) is 0 Å². The third-order valence-electron chi connectivity index (χ3n) is 6.85. The zero-order valence-electron chi connectivity index (χ0n) is 16.5. The minimum absolute atomic E-state index is 0.00251. The van der Waals surface area contributed by atoms with Crippen LogP contribution in [0.3, 0.4) is 0 Å². The van der Waals surface area contributed by atoms with Crippen LogP contribution < -0.4 is 5.32 Å². The second-order valence-electron chi connectivity index (χ2n) is 8.77. The summed E-state index contributed by atoms with van der Waals surface area (Å²) < 4.78 is 0. The average molecular weight is 370 g/mol. The summed E-state index contributed by atoms with van der Waals surface area (Å²) in [6, 6.07) is 10.4. The predicted molar refractivity (Wildman–Crippen MR) is 105 cm³/mol. The van der Waals surface area contributed by atoms with Gasteiger partial charge in [-0.3, -0.25) is 9.59 Å². The fourth-order valence-electron chi connectivity index (χ4n) is 5.53. The zero-order chi connectivity index (χ0) is 19.0. The zero-order valence-corrected chi connectivity index (χ0v) is 16.5. The molecule has 1 aromatic rings. The molecule has 3 aliphatic rings. The number of piperidine rings is 1. The van der Waals surface area contributed by atoms with Crippen LogP contribution in [0.15, 0.2) is 30.3 Å². The van der Waals surface area contributed by atoms with E-state index in [9.17, 15) is 9.59 Å². The molecule has 0 unspecified atom stereocenters. The Labute approximate surface area is 162 Å². The molecule has 1 aromatic carbocycles. The first-order chi connectivity index (χ1) is 13.0. The first-order valence-corrected chi connectivity index (χ1v) is 10.3. The van der Waals surface area contributed by atoms with Gasteiger partial charge in [0.25, 0.3) is 0 Å². The van der Waals surface area contributed by atoms with E-state index < -0.39 is 0 Å². The van der Waals surface area contributed by atoms with E-state index in [0.29, 0.717) is 6.54 Å². The van der Waals surface area contributed by atoms with E-state index in [0.717, 1.165) is 32.0 Å². The molecular weight excluding hydrogens is 338 g/mol. The number of carbonyl (C=O) groups is 2. The number of nitrogens with zero attached hydrogens (tertiary/aromatic N) is 2. The molecule has 1 saturated carbocycles.